The van der Waals surface area contributed by atoms with E-state index < -0.39 is 0 Å². The molecule has 0 N–H and O–H groups in total. The number of thioether (sulfide) groups is 1. The van der Waals surface area contributed by atoms with Crippen LogP contribution in [0.4, 0.5) is 0 Å². The number of carbonyl (C=O) groups excluding carboxylic acids is 1. The minimum absolute atomic E-state index is 0.315. The third kappa shape index (κ3) is 6.60. The minimum atomic E-state index is 0.315. The van der Waals surface area contributed by atoms with E-state index in [1.54, 1.807) is 11.8 Å². The molecule has 0 fully saturated rings. The molecular weight excluding hydrogens is 378 g/mol. The Morgan fingerprint density at radius 3 is 2.52 bits per heavy atom. The molecule has 3 nitrogen and oxygen atoms in total. The van der Waals surface area contributed by atoms with E-state index in [4.69, 9.17) is 4.42 Å². The third-order valence-electron chi connectivity index (χ3n) is 5.04. The number of rotatable bonds is 10. The van der Waals surface area contributed by atoms with Crippen LogP contribution in [0.3, 0.4) is 0 Å². The largest absolute Gasteiger partial charge is 0.441 e. The Morgan fingerprint density at radius 1 is 1.07 bits per heavy atom. The number of Topliss-reactive ketones (excluding diaryl/α,β-unsaturated/α-hetero) is 1. The van der Waals surface area contributed by atoms with Crippen molar-refractivity contribution in [2.24, 2.45) is 5.92 Å². The maximum absolute atomic E-state index is 12.3. The second-order valence-corrected chi connectivity index (χ2v) is 8.74. The number of ketones is 1. The molecule has 152 valence electrons. The molecule has 0 radical (unpaired) electrons. The Kier molecular flexibility index (Phi) is 7.70. The average molecular weight is 408 g/mol. The molecule has 0 saturated heterocycles. The molecule has 3 aromatic rings. The average Bonchev–Trinajstić information content (AvgIpc) is 3.08. The van der Waals surface area contributed by atoms with E-state index in [0.29, 0.717) is 35.5 Å². The Bertz CT molecular complexity index is 916. The van der Waals surface area contributed by atoms with Gasteiger partial charge in [0.05, 0.1) is 11.4 Å². The van der Waals surface area contributed by atoms with Gasteiger partial charge in [-0.05, 0) is 50.3 Å². The number of hydrogen-bond acceptors (Lipinski definition) is 4. The summed E-state index contributed by atoms with van der Waals surface area (Å²) in [4.78, 5) is 17.0. The monoisotopic (exact) mass is 407 g/mol. The lowest BCUT2D eigenvalue weighted by molar-refractivity contribution is -0.117. The molecule has 0 bridgehead atoms. The van der Waals surface area contributed by atoms with Gasteiger partial charge in [-0.15, -0.1) is 11.8 Å². The first-order chi connectivity index (χ1) is 14.0. The fourth-order valence-electron chi connectivity index (χ4n) is 3.25. The minimum Gasteiger partial charge on any atom is -0.441 e. The first-order valence-electron chi connectivity index (χ1n) is 10.2. The van der Waals surface area contributed by atoms with Crippen molar-refractivity contribution in [1.29, 1.82) is 0 Å². The third-order valence-corrected chi connectivity index (χ3v) is 6.04. The fourth-order valence-corrected chi connectivity index (χ4v) is 4.16. The van der Waals surface area contributed by atoms with Crippen molar-refractivity contribution in [2.75, 3.05) is 5.75 Å². The molecule has 0 amide bonds. The van der Waals surface area contributed by atoms with Crippen molar-refractivity contribution in [3.05, 3.63) is 77.2 Å². The number of benzene rings is 2. The number of carbonyl (C=O) groups is 1. The van der Waals surface area contributed by atoms with Gasteiger partial charge in [-0.3, -0.25) is 4.79 Å². The van der Waals surface area contributed by atoms with Gasteiger partial charge >= 0.3 is 0 Å². The highest BCUT2D eigenvalue weighted by Crippen LogP contribution is 2.25. The summed E-state index contributed by atoms with van der Waals surface area (Å²) in [5, 5.41) is 0. The maximum Gasteiger partial charge on any atom is 0.226 e. The number of aromatic nitrogens is 1. The number of hydrogen-bond donors (Lipinski definition) is 0. The quantitative estimate of drug-likeness (QED) is 0.389. The van der Waals surface area contributed by atoms with Crippen LogP contribution in [0, 0.1) is 19.8 Å². The van der Waals surface area contributed by atoms with Crippen molar-refractivity contribution < 1.29 is 9.21 Å². The molecule has 29 heavy (non-hydrogen) atoms. The van der Waals surface area contributed by atoms with Crippen LogP contribution in [0.1, 0.15) is 42.3 Å². The van der Waals surface area contributed by atoms with Gasteiger partial charge in [-0.1, -0.05) is 55.0 Å². The van der Waals surface area contributed by atoms with Crippen molar-refractivity contribution in [1.82, 2.24) is 4.98 Å². The molecule has 3 rings (SSSR count). The molecule has 1 atom stereocenters. The number of nitrogens with zero attached hydrogens (tertiary/aromatic N) is 1. The van der Waals surface area contributed by atoms with Crippen LogP contribution in [0.5, 0.6) is 0 Å². The standard InChI is InChI=1S/C25H29NO2S/c1-18-10-13-22(14-11-18)25-26-24(20(3)28-25)17-29-16-23(27)15-19(2)9-12-21-7-5-4-6-8-21/h4-8,10-11,13-14,19H,9,12,15-17H2,1-3H3. The van der Waals surface area contributed by atoms with Crippen molar-refractivity contribution >= 4 is 17.5 Å². The van der Waals surface area contributed by atoms with E-state index in [0.717, 1.165) is 29.9 Å². The van der Waals surface area contributed by atoms with Crippen LogP contribution in [-0.4, -0.2) is 16.5 Å². The van der Waals surface area contributed by atoms with E-state index in [9.17, 15) is 4.79 Å². The summed E-state index contributed by atoms with van der Waals surface area (Å²) in [6.45, 7) is 6.17. The zero-order valence-electron chi connectivity index (χ0n) is 17.5. The highest BCUT2D eigenvalue weighted by molar-refractivity contribution is 7.99. The lowest BCUT2D eigenvalue weighted by Gasteiger charge is -2.10. The normalized spacial score (nSPS) is 12.1. The topological polar surface area (TPSA) is 43.1 Å². The van der Waals surface area contributed by atoms with Crippen molar-refractivity contribution in [3.63, 3.8) is 0 Å². The van der Waals surface area contributed by atoms with Gasteiger partial charge in [-0.25, -0.2) is 4.98 Å². The van der Waals surface area contributed by atoms with E-state index in [-0.39, 0.29) is 0 Å². The molecular formula is C25H29NO2S. The molecule has 0 aliphatic carbocycles. The van der Waals surface area contributed by atoms with Crippen LogP contribution >= 0.6 is 11.8 Å². The Labute approximate surface area is 177 Å². The Hall–Kier alpha value is -2.33. The summed E-state index contributed by atoms with van der Waals surface area (Å²) in [6.07, 6.45) is 2.72. The first-order valence-corrected chi connectivity index (χ1v) is 11.3. The van der Waals surface area contributed by atoms with Gasteiger partial charge in [0.15, 0.2) is 0 Å². The molecule has 0 aliphatic rings. The van der Waals surface area contributed by atoms with Gasteiger partial charge in [-0.2, -0.15) is 0 Å². The molecule has 1 heterocycles. The first kappa shape index (κ1) is 21.4. The maximum atomic E-state index is 12.3. The lowest BCUT2D eigenvalue weighted by atomic mass is 9.97. The van der Waals surface area contributed by atoms with Crippen LogP contribution in [0.15, 0.2) is 59.0 Å². The molecule has 4 heteroatoms. The van der Waals surface area contributed by atoms with E-state index in [1.807, 2.05) is 25.1 Å². The van der Waals surface area contributed by atoms with Gasteiger partial charge in [0, 0.05) is 17.7 Å². The van der Waals surface area contributed by atoms with Crippen LogP contribution in [0.25, 0.3) is 11.5 Å². The number of oxazole rings is 1. The molecule has 2 aromatic carbocycles. The highest BCUT2D eigenvalue weighted by Gasteiger charge is 2.14. The second-order valence-electron chi connectivity index (χ2n) is 7.75. The summed E-state index contributed by atoms with van der Waals surface area (Å²) in [5.41, 5.74) is 4.46. The molecule has 1 unspecified atom stereocenters. The van der Waals surface area contributed by atoms with Crippen LogP contribution in [-0.2, 0) is 17.0 Å². The molecule has 0 saturated carbocycles. The Morgan fingerprint density at radius 2 is 1.79 bits per heavy atom. The SMILES string of the molecule is Cc1ccc(-c2nc(CSCC(=O)CC(C)CCc3ccccc3)c(C)o2)cc1. The van der Waals surface area contributed by atoms with Crippen LogP contribution in [0.2, 0.25) is 0 Å². The van der Waals surface area contributed by atoms with Gasteiger partial charge in [0.25, 0.3) is 0 Å². The zero-order valence-corrected chi connectivity index (χ0v) is 18.3. The summed E-state index contributed by atoms with van der Waals surface area (Å²) in [5.74, 6) is 3.43. The fraction of sp³-hybridized carbons (Fsp3) is 0.360. The van der Waals surface area contributed by atoms with Gasteiger partial charge in [0.2, 0.25) is 5.89 Å². The summed E-state index contributed by atoms with van der Waals surface area (Å²) in [6, 6.07) is 18.6. The van der Waals surface area contributed by atoms with Crippen molar-refractivity contribution in [2.45, 2.75) is 45.8 Å². The molecule has 1 aromatic heterocycles. The van der Waals surface area contributed by atoms with Crippen LogP contribution < -0.4 is 0 Å². The van der Waals surface area contributed by atoms with Gasteiger partial charge in [0.1, 0.15) is 11.5 Å². The molecule has 0 aliphatic heterocycles. The van der Waals surface area contributed by atoms with E-state index in [2.05, 4.69) is 55.2 Å². The number of aryl methyl sites for hydroxylation is 3. The lowest BCUT2D eigenvalue weighted by Crippen LogP contribution is -2.09. The summed E-state index contributed by atoms with van der Waals surface area (Å²) < 4.78 is 5.83. The smallest absolute Gasteiger partial charge is 0.226 e. The summed E-state index contributed by atoms with van der Waals surface area (Å²) >= 11 is 1.62. The van der Waals surface area contributed by atoms with Gasteiger partial charge < -0.3 is 4.42 Å². The predicted molar refractivity (Wildman–Crippen MR) is 121 cm³/mol. The summed E-state index contributed by atoms with van der Waals surface area (Å²) in [7, 11) is 0. The Balaban J connectivity index is 1.42. The van der Waals surface area contributed by atoms with Crippen molar-refractivity contribution in [3.8, 4) is 11.5 Å². The zero-order chi connectivity index (χ0) is 20.6. The van der Waals surface area contributed by atoms with E-state index in [1.165, 1.54) is 11.1 Å². The predicted octanol–water partition coefficient (Wildman–Crippen LogP) is 6.42. The highest BCUT2D eigenvalue weighted by atomic mass is 32.2. The van der Waals surface area contributed by atoms with E-state index >= 15 is 0 Å². The molecule has 0 spiro atoms. The second kappa shape index (κ2) is 10.4.